The maximum Gasteiger partial charge on any atom is 0.193 e. The molecule has 0 radical (unpaired) electrons. The molecule has 0 bridgehead atoms. The summed E-state index contributed by atoms with van der Waals surface area (Å²) < 4.78 is 0. The second-order valence-corrected chi connectivity index (χ2v) is 6.61. The van der Waals surface area contributed by atoms with E-state index in [0.717, 1.165) is 44.6 Å². The van der Waals surface area contributed by atoms with Gasteiger partial charge in [0.05, 0.1) is 0 Å². The number of rotatable bonds is 4. The second kappa shape index (κ2) is 7.64. The van der Waals surface area contributed by atoms with Gasteiger partial charge in [0.2, 0.25) is 0 Å². The molecule has 1 aromatic rings. The molecule has 124 valence electrons. The highest BCUT2D eigenvalue weighted by atomic mass is 15.4. The van der Waals surface area contributed by atoms with E-state index in [0.29, 0.717) is 6.04 Å². The van der Waals surface area contributed by atoms with Crippen molar-refractivity contribution in [2.75, 3.05) is 39.8 Å². The van der Waals surface area contributed by atoms with Gasteiger partial charge in [-0.1, -0.05) is 49.4 Å². The Morgan fingerprint density at radius 2 is 1.91 bits per heavy atom. The summed E-state index contributed by atoms with van der Waals surface area (Å²) in [6.07, 6.45) is 5.76. The number of nitrogens with one attached hydrogen (secondary N) is 1. The molecule has 2 unspecified atom stereocenters. The van der Waals surface area contributed by atoms with E-state index in [1.54, 1.807) is 0 Å². The Bertz CT molecular complexity index is 544. The van der Waals surface area contributed by atoms with Crippen molar-refractivity contribution >= 4 is 12.0 Å². The van der Waals surface area contributed by atoms with Crippen LogP contribution in [0.4, 0.5) is 0 Å². The second-order valence-electron chi connectivity index (χ2n) is 6.61. The Hall–Kier alpha value is -1.81. The maximum atomic E-state index is 4.45. The molecule has 0 spiro atoms. The number of guanidine groups is 1. The standard InChI is InChI=1S/C19H28N4/c1-16-15-18(16)21-19(20-2)23-13-11-22(12-14-23)10-6-9-17-7-4-3-5-8-17/h3-9,16,18H,10-15H2,1-2H3,(H,20,21)/b9-6+. The minimum atomic E-state index is 0.639. The summed E-state index contributed by atoms with van der Waals surface area (Å²) in [5.41, 5.74) is 1.27. The molecule has 1 aliphatic carbocycles. The third kappa shape index (κ3) is 4.58. The van der Waals surface area contributed by atoms with Gasteiger partial charge in [0.25, 0.3) is 0 Å². The summed E-state index contributed by atoms with van der Waals surface area (Å²) >= 11 is 0. The Kier molecular flexibility index (Phi) is 5.34. The summed E-state index contributed by atoms with van der Waals surface area (Å²) in [6, 6.07) is 11.1. The summed E-state index contributed by atoms with van der Waals surface area (Å²) in [7, 11) is 1.89. The SMILES string of the molecule is CN=C(NC1CC1C)N1CCN(C/C=C/c2ccccc2)CC1. The predicted molar refractivity (Wildman–Crippen MR) is 97.6 cm³/mol. The van der Waals surface area contributed by atoms with Gasteiger partial charge in [0.1, 0.15) is 0 Å². The minimum Gasteiger partial charge on any atom is -0.353 e. The number of aliphatic imine (C=N–C) groups is 1. The minimum absolute atomic E-state index is 0.639. The molecule has 2 fully saturated rings. The summed E-state index contributed by atoms with van der Waals surface area (Å²) in [4.78, 5) is 9.35. The highest BCUT2D eigenvalue weighted by molar-refractivity contribution is 5.80. The Labute approximate surface area is 139 Å². The van der Waals surface area contributed by atoms with Crippen LogP contribution < -0.4 is 5.32 Å². The molecule has 1 saturated heterocycles. The van der Waals surface area contributed by atoms with E-state index in [4.69, 9.17) is 0 Å². The lowest BCUT2D eigenvalue weighted by molar-refractivity contribution is 0.194. The molecule has 1 heterocycles. The van der Waals surface area contributed by atoms with Crippen LogP contribution in [-0.4, -0.2) is 61.6 Å². The van der Waals surface area contributed by atoms with Crippen LogP contribution >= 0.6 is 0 Å². The molecule has 1 saturated carbocycles. The molecule has 1 aliphatic heterocycles. The average molecular weight is 312 g/mol. The molecule has 23 heavy (non-hydrogen) atoms. The van der Waals surface area contributed by atoms with Gasteiger partial charge in [-0.25, -0.2) is 0 Å². The summed E-state index contributed by atoms with van der Waals surface area (Å²) in [5, 5.41) is 3.58. The van der Waals surface area contributed by atoms with Crippen LogP contribution in [0.25, 0.3) is 6.08 Å². The zero-order chi connectivity index (χ0) is 16.1. The van der Waals surface area contributed by atoms with Crippen molar-refractivity contribution in [3.63, 3.8) is 0 Å². The van der Waals surface area contributed by atoms with Crippen molar-refractivity contribution in [3.8, 4) is 0 Å². The highest BCUT2D eigenvalue weighted by Crippen LogP contribution is 2.29. The molecular weight excluding hydrogens is 284 g/mol. The number of piperazine rings is 1. The number of hydrogen-bond donors (Lipinski definition) is 1. The molecule has 2 aliphatic rings. The molecular formula is C19H28N4. The van der Waals surface area contributed by atoms with Crippen molar-refractivity contribution in [1.82, 2.24) is 15.1 Å². The average Bonchev–Trinajstić information content (AvgIpc) is 3.29. The maximum absolute atomic E-state index is 4.45. The lowest BCUT2D eigenvalue weighted by Gasteiger charge is -2.36. The summed E-state index contributed by atoms with van der Waals surface area (Å²) in [6.45, 7) is 7.62. The first-order valence-electron chi connectivity index (χ1n) is 8.68. The molecule has 1 N–H and O–H groups in total. The lowest BCUT2D eigenvalue weighted by Crippen LogP contribution is -2.52. The highest BCUT2D eigenvalue weighted by Gasteiger charge is 2.34. The fraction of sp³-hybridized carbons (Fsp3) is 0.526. The smallest absolute Gasteiger partial charge is 0.193 e. The van der Waals surface area contributed by atoms with Crippen molar-refractivity contribution in [2.45, 2.75) is 19.4 Å². The first kappa shape index (κ1) is 16.1. The van der Waals surface area contributed by atoms with E-state index in [9.17, 15) is 0 Å². The normalized spacial score (nSPS) is 25.8. The largest absolute Gasteiger partial charge is 0.353 e. The third-order valence-electron chi connectivity index (χ3n) is 4.78. The quantitative estimate of drug-likeness (QED) is 0.684. The molecule has 0 amide bonds. The number of nitrogens with zero attached hydrogens (tertiary/aromatic N) is 3. The molecule has 3 rings (SSSR count). The van der Waals surface area contributed by atoms with Gasteiger partial charge >= 0.3 is 0 Å². The fourth-order valence-corrected chi connectivity index (χ4v) is 3.03. The van der Waals surface area contributed by atoms with Gasteiger partial charge in [-0.05, 0) is 17.9 Å². The lowest BCUT2D eigenvalue weighted by atomic mass is 10.2. The van der Waals surface area contributed by atoms with Gasteiger partial charge in [-0.3, -0.25) is 9.89 Å². The van der Waals surface area contributed by atoms with Gasteiger partial charge in [0, 0.05) is 45.8 Å². The molecule has 4 heteroatoms. The predicted octanol–water partition coefficient (Wildman–Crippen LogP) is 2.30. The Morgan fingerprint density at radius 3 is 2.52 bits per heavy atom. The molecule has 0 aromatic heterocycles. The monoisotopic (exact) mass is 312 g/mol. The Balaban J connectivity index is 1.42. The fourth-order valence-electron chi connectivity index (χ4n) is 3.03. The van der Waals surface area contributed by atoms with Gasteiger partial charge in [-0.15, -0.1) is 0 Å². The van der Waals surface area contributed by atoms with Crippen LogP contribution in [0.2, 0.25) is 0 Å². The topological polar surface area (TPSA) is 30.9 Å². The van der Waals surface area contributed by atoms with E-state index < -0.39 is 0 Å². The number of benzene rings is 1. The van der Waals surface area contributed by atoms with Gasteiger partial charge < -0.3 is 10.2 Å². The van der Waals surface area contributed by atoms with Crippen LogP contribution in [0.15, 0.2) is 41.4 Å². The molecule has 2 atom stereocenters. The Morgan fingerprint density at radius 1 is 1.22 bits per heavy atom. The molecule has 4 nitrogen and oxygen atoms in total. The zero-order valence-corrected chi connectivity index (χ0v) is 14.3. The number of hydrogen-bond acceptors (Lipinski definition) is 2. The van der Waals surface area contributed by atoms with Crippen LogP contribution in [0.5, 0.6) is 0 Å². The zero-order valence-electron chi connectivity index (χ0n) is 14.3. The van der Waals surface area contributed by atoms with Crippen LogP contribution in [0.1, 0.15) is 18.9 Å². The van der Waals surface area contributed by atoms with Gasteiger partial charge in [-0.2, -0.15) is 0 Å². The van der Waals surface area contributed by atoms with Gasteiger partial charge in [0.15, 0.2) is 5.96 Å². The first-order valence-corrected chi connectivity index (χ1v) is 8.68. The van der Waals surface area contributed by atoms with Crippen molar-refractivity contribution in [3.05, 3.63) is 42.0 Å². The molecule has 1 aromatic carbocycles. The third-order valence-corrected chi connectivity index (χ3v) is 4.78. The van der Waals surface area contributed by atoms with Crippen molar-refractivity contribution < 1.29 is 0 Å². The van der Waals surface area contributed by atoms with E-state index in [-0.39, 0.29) is 0 Å². The van der Waals surface area contributed by atoms with Crippen molar-refractivity contribution in [2.24, 2.45) is 10.9 Å². The van der Waals surface area contributed by atoms with Crippen LogP contribution in [0, 0.1) is 5.92 Å². The first-order chi connectivity index (χ1) is 11.3. The van der Waals surface area contributed by atoms with E-state index in [1.165, 1.54) is 12.0 Å². The van der Waals surface area contributed by atoms with Crippen LogP contribution in [-0.2, 0) is 0 Å². The van der Waals surface area contributed by atoms with E-state index >= 15 is 0 Å². The van der Waals surface area contributed by atoms with E-state index in [2.05, 4.69) is 69.5 Å². The van der Waals surface area contributed by atoms with Crippen molar-refractivity contribution in [1.29, 1.82) is 0 Å². The summed E-state index contributed by atoms with van der Waals surface area (Å²) in [5.74, 6) is 1.88. The van der Waals surface area contributed by atoms with E-state index in [1.807, 2.05) is 7.05 Å². The van der Waals surface area contributed by atoms with Crippen LogP contribution in [0.3, 0.4) is 0 Å².